The molecule has 0 radical (unpaired) electrons. The first kappa shape index (κ1) is 22.3. The highest BCUT2D eigenvalue weighted by atomic mass is 32.1. The number of rotatable bonds is 7. The standard InChI is InChI=1S/C24H32N2O3S/c1-16(2)14-22(27)26(17(3)4)15-23(28)25-12-10-21-20(11-13-30-21)24(25)18-6-8-19(29-5)9-7-18/h6-9,11,13,16-17,24H,10,12,14-15H2,1-5H3. The summed E-state index contributed by atoms with van der Waals surface area (Å²) in [5.74, 6) is 1.11. The first-order chi connectivity index (χ1) is 14.3. The maximum absolute atomic E-state index is 13.5. The van der Waals surface area contributed by atoms with E-state index in [-0.39, 0.29) is 36.4 Å². The number of carbonyl (C=O) groups is 2. The van der Waals surface area contributed by atoms with Crippen molar-refractivity contribution < 1.29 is 14.3 Å². The number of methoxy groups -OCH3 is 1. The summed E-state index contributed by atoms with van der Waals surface area (Å²) in [6, 6.07) is 9.91. The van der Waals surface area contributed by atoms with Gasteiger partial charge in [0.1, 0.15) is 12.3 Å². The van der Waals surface area contributed by atoms with Crippen LogP contribution in [0.1, 0.15) is 56.2 Å². The normalized spacial score (nSPS) is 16.0. The third-order valence-corrected chi connectivity index (χ3v) is 6.55. The number of thiophene rings is 1. The molecule has 0 bridgehead atoms. The van der Waals surface area contributed by atoms with Crippen molar-refractivity contribution in [2.24, 2.45) is 5.92 Å². The molecule has 1 aromatic heterocycles. The van der Waals surface area contributed by atoms with Gasteiger partial charge in [0.25, 0.3) is 0 Å². The quantitative estimate of drug-likeness (QED) is 0.652. The largest absolute Gasteiger partial charge is 0.497 e. The van der Waals surface area contributed by atoms with Gasteiger partial charge in [-0.15, -0.1) is 11.3 Å². The molecule has 0 saturated carbocycles. The van der Waals surface area contributed by atoms with Gasteiger partial charge in [-0.3, -0.25) is 9.59 Å². The molecule has 162 valence electrons. The smallest absolute Gasteiger partial charge is 0.243 e. The molecule has 30 heavy (non-hydrogen) atoms. The number of hydrogen-bond donors (Lipinski definition) is 0. The number of ether oxygens (including phenoxy) is 1. The second-order valence-electron chi connectivity index (χ2n) is 8.53. The van der Waals surface area contributed by atoms with Gasteiger partial charge in [0.05, 0.1) is 13.2 Å². The van der Waals surface area contributed by atoms with E-state index in [1.54, 1.807) is 23.3 Å². The maximum atomic E-state index is 13.5. The van der Waals surface area contributed by atoms with Crippen LogP contribution in [0.3, 0.4) is 0 Å². The van der Waals surface area contributed by atoms with Crippen molar-refractivity contribution in [3.63, 3.8) is 0 Å². The van der Waals surface area contributed by atoms with Gasteiger partial charge in [0.15, 0.2) is 0 Å². The molecule has 6 heteroatoms. The molecule has 0 fully saturated rings. The van der Waals surface area contributed by atoms with Crippen LogP contribution >= 0.6 is 11.3 Å². The molecule has 5 nitrogen and oxygen atoms in total. The van der Waals surface area contributed by atoms with E-state index in [0.717, 1.165) is 17.7 Å². The summed E-state index contributed by atoms with van der Waals surface area (Å²) in [5, 5.41) is 2.10. The zero-order chi connectivity index (χ0) is 21.8. The number of fused-ring (bicyclic) bond motifs is 1. The Hall–Kier alpha value is -2.34. The monoisotopic (exact) mass is 428 g/mol. The van der Waals surface area contributed by atoms with Crippen molar-refractivity contribution in [2.45, 2.75) is 52.6 Å². The lowest BCUT2D eigenvalue weighted by Gasteiger charge is -2.38. The summed E-state index contributed by atoms with van der Waals surface area (Å²) < 4.78 is 5.30. The maximum Gasteiger partial charge on any atom is 0.243 e. The number of carbonyl (C=O) groups excluding carboxylic acids is 2. The third-order valence-electron chi connectivity index (χ3n) is 5.55. The van der Waals surface area contributed by atoms with Crippen LogP contribution in [0.2, 0.25) is 0 Å². The van der Waals surface area contributed by atoms with Crippen molar-refractivity contribution in [3.05, 3.63) is 51.7 Å². The van der Waals surface area contributed by atoms with E-state index in [2.05, 4.69) is 11.4 Å². The van der Waals surface area contributed by atoms with E-state index in [1.807, 2.05) is 56.9 Å². The number of benzene rings is 1. The first-order valence-electron chi connectivity index (χ1n) is 10.6. The molecule has 0 aliphatic carbocycles. The average molecular weight is 429 g/mol. The Balaban J connectivity index is 1.88. The van der Waals surface area contributed by atoms with Gasteiger partial charge in [-0.1, -0.05) is 26.0 Å². The summed E-state index contributed by atoms with van der Waals surface area (Å²) in [4.78, 5) is 31.2. The van der Waals surface area contributed by atoms with Crippen LogP contribution in [0, 0.1) is 5.92 Å². The zero-order valence-corrected chi connectivity index (χ0v) is 19.4. The van der Waals surface area contributed by atoms with Gasteiger partial charge in [-0.05, 0) is 60.9 Å². The fraction of sp³-hybridized carbons (Fsp3) is 0.500. The highest BCUT2D eigenvalue weighted by Gasteiger charge is 2.34. The van der Waals surface area contributed by atoms with E-state index in [1.165, 1.54) is 10.4 Å². The fourth-order valence-corrected chi connectivity index (χ4v) is 4.90. The van der Waals surface area contributed by atoms with Gasteiger partial charge in [-0.25, -0.2) is 0 Å². The Bertz CT molecular complexity index is 873. The van der Waals surface area contributed by atoms with E-state index < -0.39 is 0 Å². The molecule has 1 aliphatic heterocycles. The lowest BCUT2D eigenvalue weighted by molar-refractivity contribution is -0.143. The number of nitrogens with zero attached hydrogens (tertiary/aromatic N) is 2. The first-order valence-corrected chi connectivity index (χ1v) is 11.5. The third kappa shape index (κ3) is 4.86. The summed E-state index contributed by atoms with van der Waals surface area (Å²) in [6.45, 7) is 8.78. The molecule has 1 atom stereocenters. The molecule has 0 saturated heterocycles. The van der Waals surface area contributed by atoms with Crippen LogP contribution in [0.4, 0.5) is 0 Å². The van der Waals surface area contributed by atoms with Crippen molar-refractivity contribution >= 4 is 23.2 Å². The molecule has 2 amide bonds. The Morgan fingerprint density at radius 3 is 2.47 bits per heavy atom. The van der Waals surface area contributed by atoms with E-state index in [4.69, 9.17) is 4.74 Å². The highest BCUT2D eigenvalue weighted by Crippen LogP contribution is 2.38. The fourth-order valence-electron chi connectivity index (χ4n) is 3.99. The molecule has 1 aromatic carbocycles. The van der Waals surface area contributed by atoms with Gasteiger partial charge in [0.2, 0.25) is 11.8 Å². The summed E-state index contributed by atoms with van der Waals surface area (Å²) in [5.41, 5.74) is 2.25. The van der Waals surface area contributed by atoms with Crippen LogP contribution in [0.5, 0.6) is 5.75 Å². The van der Waals surface area contributed by atoms with Crippen LogP contribution < -0.4 is 4.74 Å². The van der Waals surface area contributed by atoms with Crippen molar-refractivity contribution in [3.8, 4) is 5.75 Å². The van der Waals surface area contributed by atoms with Crippen LogP contribution in [-0.4, -0.2) is 47.9 Å². The second-order valence-corrected chi connectivity index (χ2v) is 9.53. The molecule has 1 unspecified atom stereocenters. The van der Waals surface area contributed by atoms with Crippen molar-refractivity contribution in [2.75, 3.05) is 20.2 Å². The molecule has 2 heterocycles. The predicted octanol–water partition coefficient (Wildman–Crippen LogP) is 4.51. The van der Waals surface area contributed by atoms with Crippen LogP contribution in [0.15, 0.2) is 35.7 Å². The molecule has 2 aromatic rings. The van der Waals surface area contributed by atoms with Gasteiger partial charge in [0, 0.05) is 23.9 Å². The Morgan fingerprint density at radius 1 is 1.17 bits per heavy atom. The van der Waals surface area contributed by atoms with Gasteiger partial charge < -0.3 is 14.5 Å². The van der Waals surface area contributed by atoms with E-state index in [0.29, 0.717) is 13.0 Å². The van der Waals surface area contributed by atoms with Gasteiger partial charge in [-0.2, -0.15) is 0 Å². The SMILES string of the molecule is COc1ccc(C2c3ccsc3CCN2C(=O)CN(C(=O)CC(C)C)C(C)C)cc1. The van der Waals surface area contributed by atoms with E-state index in [9.17, 15) is 9.59 Å². The summed E-state index contributed by atoms with van der Waals surface area (Å²) in [7, 11) is 1.65. The minimum atomic E-state index is -0.132. The Morgan fingerprint density at radius 2 is 1.87 bits per heavy atom. The highest BCUT2D eigenvalue weighted by molar-refractivity contribution is 7.10. The minimum Gasteiger partial charge on any atom is -0.497 e. The van der Waals surface area contributed by atoms with Crippen molar-refractivity contribution in [1.82, 2.24) is 9.80 Å². The zero-order valence-electron chi connectivity index (χ0n) is 18.6. The van der Waals surface area contributed by atoms with Crippen molar-refractivity contribution in [1.29, 1.82) is 0 Å². The number of amides is 2. The molecular weight excluding hydrogens is 396 g/mol. The van der Waals surface area contributed by atoms with E-state index >= 15 is 0 Å². The molecular formula is C24H32N2O3S. The lowest BCUT2D eigenvalue weighted by Crippen LogP contribution is -2.48. The average Bonchev–Trinajstić information content (AvgIpc) is 3.19. The number of hydrogen-bond acceptors (Lipinski definition) is 4. The molecule has 1 aliphatic rings. The predicted molar refractivity (Wildman–Crippen MR) is 121 cm³/mol. The Labute approximate surface area is 183 Å². The summed E-state index contributed by atoms with van der Waals surface area (Å²) in [6.07, 6.45) is 1.31. The second kappa shape index (κ2) is 9.65. The Kier molecular flexibility index (Phi) is 7.19. The lowest BCUT2D eigenvalue weighted by atomic mass is 9.93. The van der Waals surface area contributed by atoms with Crippen LogP contribution in [-0.2, 0) is 16.0 Å². The molecule has 0 spiro atoms. The topological polar surface area (TPSA) is 49.9 Å². The van der Waals surface area contributed by atoms with Crippen LogP contribution in [0.25, 0.3) is 0 Å². The summed E-state index contributed by atoms with van der Waals surface area (Å²) >= 11 is 1.75. The van der Waals surface area contributed by atoms with Gasteiger partial charge >= 0.3 is 0 Å². The minimum absolute atomic E-state index is 0.00141. The molecule has 0 N–H and O–H groups in total. The molecule has 3 rings (SSSR count).